The molecule has 0 unspecified atom stereocenters. The molecule has 1 aromatic rings. The number of carbonyl (C=O) groups excluding carboxylic acids is 1. The molecule has 3 aliphatic rings. The predicted octanol–water partition coefficient (Wildman–Crippen LogP) is 1.78. The third-order valence-electron chi connectivity index (χ3n) is 6.99. The second-order valence-electron chi connectivity index (χ2n) is 7.50. The number of hydrogen-bond donors (Lipinski definition) is 1. The lowest BCUT2D eigenvalue weighted by Gasteiger charge is -2.44. The SMILES string of the molecule is C[C@@]12CC[C@@H]3C[C@]1(C(N)=O)N(/N=C\c1ccncc1)C[C@]32C. The third-order valence-corrected chi connectivity index (χ3v) is 6.99. The van der Waals surface area contributed by atoms with Crippen molar-refractivity contribution in [1.82, 2.24) is 9.99 Å². The maximum atomic E-state index is 12.4. The van der Waals surface area contributed by atoms with Gasteiger partial charge in [-0.3, -0.25) is 14.8 Å². The molecule has 5 heteroatoms. The lowest BCUT2D eigenvalue weighted by Crippen LogP contribution is -2.60. The minimum absolute atomic E-state index is 0.0634. The maximum Gasteiger partial charge on any atom is 0.245 e. The molecule has 0 radical (unpaired) electrons. The van der Waals surface area contributed by atoms with Crippen molar-refractivity contribution in [3.63, 3.8) is 0 Å². The minimum Gasteiger partial charge on any atom is -0.368 e. The highest BCUT2D eigenvalue weighted by Gasteiger charge is 2.80. The fourth-order valence-electron chi connectivity index (χ4n) is 5.47. The number of carbonyl (C=O) groups is 1. The van der Waals surface area contributed by atoms with Crippen LogP contribution >= 0.6 is 0 Å². The standard InChI is InChI=1S/C17H22N4O/c1-15-11-21(20-10-12-4-7-19-8-5-12)17(14(18)22)9-13(15)3-6-16(15,17)2/h4-5,7-8,10,13H,3,6,9,11H2,1-2H3,(H2,18,22)/b20-10-/t13-,15-,16+,17-/m1/s1. The minimum atomic E-state index is -0.617. The molecule has 0 spiro atoms. The van der Waals surface area contributed by atoms with E-state index in [9.17, 15) is 4.79 Å². The van der Waals surface area contributed by atoms with E-state index in [1.807, 2.05) is 23.4 Å². The first-order valence-electron chi connectivity index (χ1n) is 7.96. The molecule has 2 saturated carbocycles. The Hall–Kier alpha value is -1.91. The Morgan fingerprint density at radius 1 is 1.45 bits per heavy atom. The summed E-state index contributed by atoms with van der Waals surface area (Å²) in [5.41, 5.74) is 6.34. The highest BCUT2D eigenvalue weighted by atomic mass is 16.2. The molecular formula is C17H22N4O. The van der Waals surface area contributed by atoms with E-state index in [4.69, 9.17) is 5.73 Å². The van der Waals surface area contributed by atoms with Gasteiger partial charge in [-0.15, -0.1) is 0 Å². The Balaban J connectivity index is 1.74. The molecular weight excluding hydrogens is 276 g/mol. The van der Waals surface area contributed by atoms with Gasteiger partial charge < -0.3 is 5.73 Å². The van der Waals surface area contributed by atoms with E-state index >= 15 is 0 Å². The van der Waals surface area contributed by atoms with Gasteiger partial charge in [-0.1, -0.05) is 13.8 Å². The van der Waals surface area contributed by atoms with Crippen molar-refractivity contribution in [1.29, 1.82) is 0 Å². The molecule has 5 nitrogen and oxygen atoms in total. The van der Waals surface area contributed by atoms with E-state index in [-0.39, 0.29) is 16.7 Å². The molecule has 4 rings (SSSR count). The number of aromatic nitrogens is 1. The van der Waals surface area contributed by atoms with Crippen molar-refractivity contribution < 1.29 is 4.79 Å². The molecule has 4 atom stereocenters. The molecule has 1 aromatic heterocycles. The average molecular weight is 298 g/mol. The van der Waals surface area contributed by atoms with Crippen LogP contribution in [0.3, 0.4) is 0 Å². The zero-order valence-electron chi connectivity index (χ0n) is 13.1. The van der Waals surface area contributed by atoms with Crippen LogP contribution in [0.5, 0.6) is 0 Å². The summed E-state index contributed by atoms with van der Waals surface area (Å²) in [7, 11) is 0. The Kier molecular flexibility index (Phi) is 2.55. The van der Waals surface area contributed by atoms with Gasteiger partial charge in [-0.05, 0) is 48.3 Å². The van der Waals surface area contributed by atoms with E-state index in [0.717, 1.165) is 24.9 Å². The lowest BCUT2D eigenvalue weighted by molar-refractivity contribution is -0.135. The first kappa shape index (κ1) is 13.7. The molecule has 2 aliphatic carbocycles. The monoisotopic (exact) mass is 298 g/mol. The Morgan fingerprint density at radius 2 is 2.18 bits per heavy atom. The van der Waals surface area contributed by atoms with Crippen molar-refractivity contribution in [2.45, 2.75) is 38.6 Å². The zero-order valence-corrected chi connectivity index (χ0v) is 13.1. The van der Waals surface area contributed by atoms with Crippen LogP contribution in [-0.2, 0) is 4.79 Å². The molecule has 0 aromatic carbocycles. The summed E-state index contributed by atoms with van der Waals surface area (Å²) in [4.78, 5) is 16.4. The van der Waals surface area contributed by atoms with Crippen LogP contribution < -0.4 is 5.73 Å². The topological polar surface area (TPSA) is 71.6 Å². The predicted molar refractivity (Wildman–Crippen MR) is 84.0 cm³/mol. The fourth-order valence-corrected chi connectivity index (χ4v) is 5.47. The molecule has 3 fully saturated rings. The summed E-state index contributed by atoms with van der Waals surface area (Å²) in [6, 6.07) is 3.81. The van der Waals surface area contributed by atoms with E-state index in [0.29, 0.717) is 5.92 Å². The quantitative estimate of drug-likeness (QED) is 0.865. The van der Waals surface area contributed by atoms with Crippen LogP contribution in [-0.4, -0.2) is 34.2 Å². The van der Waals surface area contributed by atoms with Crippen molar-refractivity contribution in [2.75, 3.05) is 6.54 Å². The summed E-state index contributed by atoms with van der Waals surface area (Å²) in [6.07, 6.45) is 8.43. The number of nitrogens with zero attached hydrogens (tertiary/aromatic N) is 3. The second-order valence-corrected chi connectivity index (χ2v) is 7.50. The lowest BCUT2D eigenvalue weighted by atomic mass is 9.65. The van der Waals surface area contributed by atoms with Crippen LogP contribution in [0.15, 0.2) is 29.6 Å². The third kappa shape index (κ3) is 1.33. The van der Waals surface area contributed by atoms with Crippen molar-refractivity contribution in [3.8, 4) is 0 Å². The van der Waals surface area contributed by atoms with Gasteiger partial charge in [0.05, 0.1) is 6.21 Å². The van der Waals surface area contributed by atoms with Crippen molar-refractivity contribution in [3.05, 3.63) is 30.1 Å². The summed E-state index contributed by atoms with van der Waals surface area (Å²) in [6.45, 7) is 5.38. The molecule has 116 valence electrons. The molecule has 2 N–H and O–H groups in total. The number of piperidine rings is 1. The number of hydrogen-bond acceptors (Lipinski definition) is 4. The van der Waals surface area contributed by atoms with Crippen LogP contribution in [0.4, 0.5) is 0 Å². The van der Waals surface area contributed by atoms with Gasteiger partial charge in [0.25, 0.3) is 0 Å². The van der Waals surface area contributed by atoms with Crippen molar-refractivity contribution >= 4 is 12.1 Å². The summed E-state index contributed by atoms with van der Waals surface area (Å²) < 4.78 is 0. The van der Waals surface area contributed by atoms with Gasteiger partial charge in [-0.2, -0.15) is 5.10 Å². The van der Waals surface area contributed by atoms with Crippen LogP contribution in [0.1, 0.15) is 38.7 Å². The number of pyridine rings is 1. The number of primary amides is 1. The van der Waals surface area contributed by atoms with E-state index in [2.05, 4.69) is 23.9 Å². The van der Waals surface area contributed by atoms with Crippen LogP contribution in [0.25, 0.3) is 0 Å². The van der Waals surface area contributed by atoms with Crippen LogP contribution in [0.2, 0.25) is 0 Å². The first-order chi connectivity index (χ1) is 10.4. The molecule has 1 saturated heterocycles. The molecule has 1 amide bonds. The molecule has 22 heavy (non-hydrogen) atoms. The number of rotatable bonds is 3. The second kappa shape index (κ2) is 4.09. The molecule has 2 heterocycles. The number of amides is 1. The molecule has 1 aliphatic heterocycles. The summed E-state index contributed by atoms with van der Waals surface area (Å²) in [5, 5.41) is 6.64. The Labute approximate surface area is 130 Å². The first-order valence-corrected chi connectivity index (χ1v) is 7.96. The molecule has 4 bridgehead atoms. The summed E-state index contributed by atoms with van der Waals surface area (Å²) >= 11 is 0. The highest BCUT2D eigenvalue weighted by molar-refractivity contribution is 5.88. The Morgan fingerprint density at radius 3 is 2.82 bits per heavy atom. The van der Waals surface area contributed by atoms with E-state index in [1.54, 1.807) is 12.4 Å². The maximum absolute atomic E-state index is 12.4. The fraction of sp³-hybridized carbons (Fsp3) is 0.588. The van der Waals surface area contributed by atoms with Crippen LogP contribution in [0, 0.1) is 16.7 Å². The van der Waals surface area contributed by atoms with E-state index < -0.39 is 5.54 Å². The van der Waals surface area contributed by atoms with Gasteiger partial charge in [-0.25, -0.2) is 0 Å². The average Bonchev–Trinajstić information content (AvgIpc) is 2.95. The number of nitrogens with two attached hydrogens (primary N) is 1. The zero-order chi connectivity index (χ0) is 15.6. The van der Waals surface area contributed by atoms with E-state index in [1.165, 1.54) is 6.42 Å². The van der Waals surface area contributed by atoms with Gasteiger partial charge in [0.15, 0.2) is 0 Å². The number of hydrazone groups is 1. The van der Waals surface area contributed by atoms with Gasteiger partial charge in [0.1, 0.15) is 5.54 Å². The summed E-state index contributed by atoms with van der Waals surface area (Å²) in [5.74, 6) is 0.380. The van der Waals surface area contributed by atoms with Crippen molar-refractivity contribution in [2.24, 2.45) is 27.6 Å². The largest absolute Gasteiger partial charge is 0.368 e. The van der Waals surface area contributed by atoms with Gasteiger partial charge in [0, 0.05) is 24.4 Å². The Bertz CT molecular complexity index is 660. The smallest absolute Gasteiger partial charge is 0.245 e. The van der Waals surface area contributed by atoms with Gasteiger partial charge in [0.2, 0.25) is 5.91 Å². The highest BCUT2D eigenvalue weighted by Crippen LogP contribution is 2.75. The van der Waals surface area contributed by atoms with Gasteiger partial charge >= 0.3 is 0 Å². The normalized spacial score (nSPS) is 42.5.